The van der Waals surface area contributed by atoms with Crippen molar-refractivity contribution < 1.29 is 4.79 Å². The van der Waals surface area contributed by atoms with Gasteiger partial charge in [-0.1, -0.05) is 27.2 Å². The van der Waals surface area contributed by atoms with Gasteiger partial charge in [0.2, 0.25) is 0 Å². The molecule has 1 aromatic rings. The van der Waals surface area contributed by atoms with Gasteiger partial charge in [-0.05, 0) is 62.5 Å². The van der Waals surface area contributed by atoms with Gasteiger partial charge in [-0.25, -0.2) is 5.43 Å². The quantitative estimate of drug-likeness (QED) is 0.593. The molecule has 1 heterocycles. The van der Waals surface area contributed by atoms with Crippen molar-refractivity contribution >= 4 is 23.0 Å². The zero-order valence-corrected chi connectivity index (χ0v) is 15.1. The van der Waals surface area contributed by atoms with E-state index in [1.807, 2.05) is 6.92 Å². The fourth-order valence-corrected chi connectivity index (χ4v) is 3.91. The van der Waals surface area contributed by atoms with Crippen LogP contribution in [-0.4, -0.2) is 11.6 Å². The summed E-state index contributed by atoms with van der Waals surface area (Å²) in [6.45, 7) is 8.63. The third kappa shape index (κ3) is 4.67. The van der Waals surface area contributed by atoms with E-state index in [1.165, 1.54) is 23.3 Å². The first kappa shape index (κ1) is 17.2. The Balaban J connectivity index is 1.93. The van der Waals surface area contributed by atoms with E-state index in [0.717, 1.165) is 42.2 Å². The summed E-state index contributed by atoms with van der Waals surface area (Å²) in [4.78, 5) is 14.5. The molecule has 22 heavy (non-hydrogen) atoms. The highest BCUT2D eigenvalue weighted by Gasteiger charge is 2.21. The lowest BCUT2D eigenvalue weighted by Gasteiger charge is -2.19. The Morgan fingerprint density at radius 3 is 2.95 bits per heavy atom. The van der Waals surface area contributed by atoms with Gasteiger partial charge in [0.25, 0.3) is 5.91 Å². The van der Waals surface area contributed by atoms with Gasteiger partial charge in [0.15, 0.2) is 0 Å². The SMILES string of the molecule is CC[C@H]1CCc2sc(C(=O)N/N=C(/C)CCC(C)C)cc2C1. The van der Waals surface area contributed by atoms with Gasteiger partial charge in [0, 0.05) is 10.6 Å². The van der Waals surface area contributed by atoms with Crippen LogP contribution in [0.2, 0.25) is 0 Å². The highest BCUT2D eigenvalue weighted by Crippen LogP contribution is 2.33. The average molecular weight is 321 g/mol. The van der Waals surface area contributed by atoms with Crippen molar-refractivity contribution in [3.05, 3.63) is 21.4 Å². The Morgan fingerprint density at radius 2 is 2.27 bits per heavy atom. The van der Waals surface area contributed by atoms with Crippen LogP contribution in [0.1, 0.15) is 73.5 Å². The molecule has 0 spiro atoms. The van der Waals surface area contributed by atoms with Crippen molar-refractivity contribution in [3.8, 4) is 0 Å². The molecular weight excluding hydrogens is 292 g/mol. The summed E-state index contributed by atoms with van der Waals surface area (Å²) in [6, 6.07) is 2.08. The molecular formula is C18H28N2OS. The molecule has 1 aliphatic rings. The van der Waals surface area contributed by atoms with Crippen molar-refractivity contribution in [2.24, 2.45) is 16.9 Å². The van der Waals surface area contributed by atoms with E-state index in [4.69, 9.17) is 0 Å². The molecule has 122 valence electrons. The van der Waals surface area contributed by atoms with Crippen LogP contribution in [0, 0.1) is 11.8 Å². The van der Waals surface area contributed by atoms with Gasteiger partial charge in [-0.3, -0.25) is 4.79 Å². The van der Waals surface area contributed by atoms with Crippen LogP contribution in [0.4, 0.5) is 0 Å². The number of rotatable bonds is 6. The molecule has 0 aliphatic heterocycles. The third-order valence-electron chi connectivity index (χ3n) is 4.42. The number of hydrogen-bond acceptors (Lipinski definition) is 3. The molecule has 0 radical (unpaired) electrons. The summed E-state index contributed by atoms with van der Waals surface area (Å²) >= 11 is 1.64. The van der Waals surface area contributed by atoms with Crippen molar-refractivity contribution in [1.82, 2.24) is 5.43 Å². The Kier molecular flexibility index (Phi) is 6.18. The van der Waals surface area contributed by atoms with Gasteiger partial charge < -0.3 is 0 Å². The first-order valence-electron chi connectivity index (χ1n) is 8.44. The van der Waals surface area contributed by atoms with E-state index in [2.05, 4.69) is 37.4 Å². The summed E-state index contributed by atoms with van der Waals surface area (Å²) < 4.78 is 0. The van der Waals surface area contributed by atoms with Crippen molar-refractivity contribution in [3.63, 3.8) is 0 Å². The van der Waals surface area contributed by atoms with Crippen LogP contribution in [0.3, 0.4) is 0 Å². The average Bonchev–Trinajstić information content (AvgIpc) is 2.93. The van der Waals surface area contributed by atoms with Crippen molar-refractivity contribution in [2.45, 2.75) is 66.2 Å². The minimum absolute atomic E-state index is 0.0589. The number of hydrazone groups is 1. The molecule has 2 rings (SSSR count). The minimum Gasteiger partial charge on any atom is -0.266 e. The van der Waals surface area contributed by atoms with Gasteiger partial charge >= 0.3 is 0 Å². The molecule has 1 aromatic heterocycles. The van der Waals surface area contributed by atoms with E-state index in [-0.39, 0.29) is 5.91 Å². The number of nitrogens with zero attached hydrogens (tertiary/aromatic N) is 1. The number of nitrogens with one attached hydrogen (secondary N) is 1. The maximum absolute atomic E-state index is 12.2. The Labute approximate surface area is 138 Å². The highest BCUT2D eigenvalue weighted by molar-refractivity contribution is 7.14. The lowest BCUT2D eigenvalue weighted by atomic mass is 9.87. The molecule has 0 saturated carbocycles. The number of fused-ring (bicyclic) bond motifs is 1. The van der Waals surface area contributed by atoms with Crippen molar-refractivity contribution in [1.29, 1.82) is 0 Å². The van der Waals surface area contributed by atoms with Crippen molar-refractivity contribution in [2.75, 3.05) is 0 Å². The lowest BCUT2D eigenvalue weighted by Crippen LogP contribution is -2.18. The molecule has 0 aromatic carbocycles. The van der Waals surface area contributed by atoms with E-state index >= 15 is 0 Å². The molecule has 0 unspecified atom stereocenters. The second-order valence-corrected chi connectivity index (χ2v) is 7.93. The smallest absolute Gasteiger partial charge is 0.266 e. The molecule has 1 amide bonds. The molecule has 1 aliphatic carbocycles. The predicted molar refractivity (Wildman–Crippen MR) is 94.8 cm³/mol. The third-order valence-corrected chi connectivity index (χ3v) is 5.65. The zero-order valence-electron chi connectivity index (χ0n) is 14.2. The number of aryl methyl sites for hydroxylation is 1. The first-order valence-corrected chi connectivity index (χ1v) is 9.26. The van der Waals surface area contributed by atoms with Gasteiger partial charge in [0.1, 0.15) is 0 Å². The highest BCUT2D eigenvalue weighted by atomic mass is 32.1. The van der Waals surface area contributed by atoms with Gasteiger partial charge in [-0.15, -0.1) is 11.3 Å². The fourth-order valence-electron chi connectivity index (χ4n) is 2.81. The molecule has 0 bridgehead atoms. The topological polar surface area (TPSA) is 41.5 Å². The number of carbonyl (C=O) groups excluding carboxylic acids is 1. The van der Waals surface area contributed by atoms with Gasteiger partial charge in [-0.2, -0.15) is 5.10 Å². The van der Waals surface area contributed by atoms with E-state index in [1.54, 1.807) is 11.3 Å². The predicted octanol–water partition coefficient (Wildman–Crippen LogP) is 4.80. The Bertz CT molecular complexity index is 545. The van der Waals surface area contributed by atoms with Crippen LogP contribution < -0.4 is 5.43 Å². The second kappa shape index (κ2) is 7.91. The standard InChI is InChI=1S/C18H28N2OS/c1-5-14-8-9-16-15(10-14)11-17(22-16)18(21)20-19-13(4)7-6-12(2)3/h11-12,14H,5-10H2,1-4H3,(H,20,21)/b19-13-/t14-/m0/s1. The van der Waals surface area contributed by atoms with Crippen LogP contribution >= 0.6 is 11.3 Å². The lowest BCUT2D eigenvalue weighted by molar-refractivity contribution is 0.0958. The number of carbonyl (C=O) groups is 1. The maximum atomic E-state index is 12.2. The molecule has 0 fully saturated rings. The molecule has 1 atom stereocenters. The number of hydrogen-bond donors (Lipinski definition) is 1. The summed E-state index contributed by atoms with van der Waals surface area (Å²) in [5.41, 5.74) is 5.09. The van der Waals surface area contributed by atoms with E-state index in [0.29, 0.717) is 5.92 Å². The monoisotopic (exact) mass is 320 g/mol. The summed E-state index contributed by atoms with van der Waals surface area (Å²) in [5.74, 6) is 1.39. The molecule has 0 saturated heterocycles. The molecule has 1 N–H and O–H groups in total. The largest absolute Gasteiger partial charge is 0.281 e. The Hall–Kier alpha value is -1.16. The maximum Gasteiger partial charge on any atom is 0.281 e. The van der Waals surface area contributed by atoms with Crippen LogP contribution in [-0.2, 0) is 12.8 Å². The van der Waals surface area contributed by atoms with Crippen LogP contribution in [0.15, 0.2) is 11.2 Å². The molecule has 4 heteroatoms. The molecule has 3 nitrogen and oxygen atoms in total. The normalized spacial score (nSPS) is 18.4. The number of thiophene rings is 1. The second-order valence-electron chi connectivity index (χ2n) is 6.80. The Morgan fingerprint density at radius 1 is 1.50 bits per heavy atom. The summed E-state index contributed by atoms with van der Waals surface area (Å²) in [5, 5.41) is 4.23. The summed E-state index contributed by atoms with van der Waals surface area (Å²) in [6.07, 6.45) is 6.80. The summed E-state index contributed by atoms with van der Waals surface area (Å²) in [7, 11) is 0. The fraction of sp³-hybridized carbons (Fsp3) is 0.667. The van der Waals surface area contributed by atoms with Gasteiger partial charge in [0.05, 0.1) is 4.88 Å². The van der Waals surface area contributed by atoms with E-state index < -0.39 is 0 Å². The van der Waals surface area contributed by atoms with E-state index in [9.17, 15) is 4.79 Å². The number of amides is 1. The van der Waals surface area contributed by atoms with Crippen LogP contribution in [0.5, 0.6) is 0 Å². The van der Waals surface area contributed by atoms with Crippen LogP contribution in [0.25, 0.3) is 0 Å². The first-order chi connectivity index (χ1) is 10.5. The minimum atomic E-state index is -0.0589. The zero-order chi connectivity index (χ0) is 16.1.